The summed E-state index contributed by atoms with van der Waals surface area (Å²) in [4.78, 5) is 25.5. The standard InChI is InChI=1S/C17H15N5O4S2/c1-9-11-14(24)21(8-10-6-4-3-5-7-10)16-19-20-17(28(2,25)26)22(16)15(11)27-12(9)13(18)23/h3-7H,8H2,1-2H3,(H2,18,23). The maximum atomic E-state index is 13.2. The fourth-order valence-corrected chi connectivity index (χ4v) is 5.03. The van der Waals surface area contributed by atoms with Gasteiger partial charge in [-0.05, 0) is 18.1 Å². The minimum atomic E-state index is -3.74. The molecule has 2 N–H and O–H groups in total. The quantitative estimate of drug-likeness (QED) is 0.527. The Morgan fingerprint density at radius 3 is 2.50 bits per heavy atom. The van der Waals surface area contributed by atoms with Crippen molar-refractivity contribution < 1.29 is 13.2 Å². The van der Waals surface area contributed by atoms with E-state index in [0.717, 1.165) is 23.2 Å². The van der Waals surface area contributed by atoms with Crippen LogP contribution in [0.5, 0.6) is 0 Å². The number of rotatable bonds is 4. The van der Waals surface area contributed by atoms with Crippen LogP contribution in [-0.4, -0.2) is 39.7 Å². The molecular formula is C17H15N5O4S2. The molecule has 144 valence electrons. The first-order valence-corrected chi connectivity index (χ1v) is 10.9. The number of amides is 1. The van der Waals surface area contributed by atoms with Gasteiger partial charge in [-0.2, -0.15) is 0 Å². The molecule has 0 aliphatic heterocycles. The molecule has 1 amide bonds. The third-order valence-corrected chi connectivity index (χ3v) is 6.61. The Bertz CT molecular complexity index is 1420. The smallest absolute Gasteiger partial charge is 0.264 e. The topological polar surface area (TPSA) is 129 Å². The van der Waals surface area contributed by atoms with E-state index in [2.05, 4.69) is 10.2 Å². The van der Waals surface area contributed by atoms with E-state index in [1.807, 2.05) is 30.3 Å². The van der Waals surface area contributed by atoms with Gasteiger partial charge in [-0.15, -0.1) is 21.5 Å². The van der Waals surface area contributed by atoms with Gasteiger partial charge < -0.3 is 5.73 Å². The van der Waals surface area contributed by atoms with Crippen LogP contribution in [0, 0.1) is 6.92 Å². The van der Waals surface area contributed by atoms with E-state index in [0.29, 0.717) is 5.56 Å². The van der Waals surface area contributed by atoms with Gasteiger partial charge in [-0.1, -0.05) is 30.3 Å². The molecule has 0 aliphatic carbocycles. The fraction of sp³-hybridized carbons (Fsp3) is 0.176. The van der Waals surface area contributed by atoms with Crippen LogP contribution in [0.4, 0.5) is 0 Å². The molecule has 0 atom stereocenters. The molecule has 11 heteroatoms. The Kier molecular flexibility index (Phi) is 4.08. The second kappa shape index (κ2) is 6.24. The van der Waals surface area contributed by atoms with Gasteiger partial charge in [0.2, 0.25) is 15.6 Å². The third-order valence-electron chi connectivity index (χ3n) is 4.39. The summed E-state index contributed by atoms with van der Waals surface area (Å²) in [6, 6.07) is 9.21. The molecule has 3 heterocycles. The van der Waals surface area contributed by atoms with Crippen LogP contribution in [0.1, 0.15) is 20.8 Å². The van der Waals surface area contributed by atoms with E-state index < -0.39 is 15.7 Å². The molecule has 0 bridgehead atoms. The molecule has 0 saturated heterocycles. The fourth-order valence-electron chi connectivity index (χ4n) is 3.13. The molecule has 0 fully saturated rings. The van der Waals surface area contributed by atoms with Crippen molar-refractivity contribution in [1.29, 1.82) is 0 Å². The van der Waals surface area contributed by atoms with Crippen LogP contribution in [0.25, 0.3) is 16.0 Å². The largest absolute Gasteiger partial charge is 0.365 e. The monoisotopic (exact) mass is 417 g/mol. The minimum absolute atomic E-state index is 0.0825. The zero-order valence-corrected chi connectivity index (χ0v) is 16.5. The van der Waals surface area contributed by atoms with Crippen LogP contribution in [0.15, 0.2) is 40.3 Å². The van der Waals surface area contributed by atoms with Crippen molar-refractivity contribution in [3.8, 4) is 0 Å². The molecule has 4 aromatic rings. The average molecular weight is 417 g/mol. The highest BCUT2D eigenvalue weighted by Gasteiger charge is 2.26. The van der Waals surface area contributed by atoms with Gasteiger partial charge in [-0.25, -0.2) is 12.8 Å². The van der Waals surface area contributed by atoms with Crippen LogP contribution in [0.3, 0.4) is 0 Å². The summed E-state index contributed by atoms with van der Waals surface area (Å²) in [5, 5.41) is 7.69. The lowest BCUT2D eigenvalue weighted by molar-refractivity contribution is 0.100. The number of nitrogens with zero attached hydrogens (tertiary/aromatic N) is 4. The SMILES string of the molecule is Cc1c(C(N)=O)sc2c1c(=O)n(Cc1ccccc1)c1nnc(S(C)(=O)=O)n21. The van der Waals surface area contributed by atoms with Gasteiger partial charge in [0.25, 0.3) is 16.6 Å². The highest BCUT2D eigenvalue weighted by atomic mass is 32.2. The Morgan fingerprint density at radius 1 is 1.21 bits per heavy atom. The number of aromatic nitrogens is 4. The Balaban J connectivity index is 2.19. The maximum absolute atomic E-state index is 13.2. The first kappa shape index (κ1) is 18.3. The van der Waals surface area contributed by atoms with Gasteiger partial charge in [0.15, 0.2) is 0 Å². The van der Waals surface area contributed by atoms with E-state index in [4.69, 9.17) is 5.73 Å². The zero-order valence-electron chi connectivity index (χ0n) is 14.9. The number of aryl methyl sites for hydroxylation is 1. The number of sulfone groups is 1. The number of hydrogen-bond acceptors (Lipinski definition) is 7. The van der Waals surface area contributed by atoms with Gasteiger partial charge in [-0.3, -0.25) is 14.2 Å². The molecule has 1 aromatic carbocycles. The van der Waals surface area contributed by atoms with Crippen LogP contribution in [0.2, 0.25) is 0 Å². The summed E-state index contributed by atoms with van der Waals surface area (Å²) in [6.45, 7) is 1.78. The summed E-state index contributed by atoms with van der Waals surface area (Å²) in [5.74, 6) is -0.603. The number of nitrogens with two attached hydrogens (primary N) is 1. The predicted octanol–water partition coefficient (Wildman–Crippen LogP) is 0.965. The molecule has 28 heavy (non-hydrogen) atoms. The summed E-state index contributed by atoms with van der Waals surface area (Å²) in [7, 11) is -3.74. The maximum Gasteiger partial charge on any atom is 0.264 e. The lowest BCUT2D eigenvalue weighted by Gasteiger charge is -2.09. The first-order chi connectivity index (χ1) is 13.2. The van der Waals surface area contributed by atoms with E-state index in [-0.39, 0.29) is 38.1 Å². The highest BCUT2D eigenvalue weighted by Crippen LogP contribution is 2.30. The van der Waals surface area contributed by atoms with Crippen molar-refractivity contribution >= 4 is 43.1 Å². The summed E-state index contributed by atoms with van der Waals surface area (Å²) < 4.78 is 27.1. The molecule has 0 aliphatic rings. The van der Waals surface area contributed by atoms with Crippen LogP contribution in [-0.2, 0) is 16.4 Å². The summed E-state index contributed by atoms with van der Waals surface area (Å²) in [5.41, 5.74) is 6.29. The number of primary amides is 1. The molecular weight excluding hydrogens is 402 g/mol. The Labute approximate surface area is 163 Å². The second-order valence-corrected chi connectivity index (χ2v) is 9.28. The van der Waals surface area contributed by atoms with E-state index >= 15 is 0 Å². The Morgan fingerprint density at radius 2 is 1.89 bits per heavy atom. The molecule has 0 radical (unpaired) electrons. The van der Waals surface area contributed by atoms with Crippen molar-refractivity contribution in [2.75, 3.05) is 6.26 Å². The number of carbonyl (C=O) groups excluding carboxylic acids is 1. The third kappa shape index (κ3) is 2.70. The number of fused-ring (bicyclic) bond motifs is 3. The van der Waals surface area contributed by atoms with Crippen LogP contribution >= 0.6 is 11.3 Å². The molecule has 4 rings (SSSR count). The highest BCUT2D eigenvalue weighted by molar-refractivity contribution is 7.90. The van der Waals surface area contributed by atoms with Gasteiger partial charge in [0.1, 0.15) is 4.83 Å². The molecule has 9 nitrogen and oxygen atoms in total. The molecule has 0 unspecified atom stereocenters. The van der Waals surface area contributed by atoms with E-state index in [1.165, 1.54) is 8.97 Å². The normalized spacial score (nSPS) is 12.1. The van der Waals surface area contributed by atoms with Crippen molar-refractivity contribution in [1.82, 2.24) is 19.2 Å². The van der Waals surface area contributed by atoms with Crippen molar-refractivity contribution in [3.63, 3.8) is 0 Å². The van der Waals surface area contributed by atoms with Gasteiger partial charge in [0, 0.05) is 6.26 Å². The molecule has 0 saturated carbocycles. The predicted molar refractivity (Wildman–Crippen MR) is 105 cm³/mol. The van der Waals surface area contributed by atoms with Crippen molar-refractivity contribution in [3.05, 3.63) is 56.7 Å². The number of thiophene rings is 1. The van der Waals surface area contributed by atoms with E-state index in [9.17, 15) is 18.0 Å². The number of benzene rings is 1. The lowest BCUT2D eigenvalue weighted by atomic mass is 10.2. The van der Waals surface area contributed by atoms with Crippen molar-refractivity contribution in [2.24, 2.45) is 5.73 Å². The second-order valence-electron chi connectivity index (χ2n) is 6.37. The zero-order chi connectivity index (χ0) is 20.2. The average Bonchev–Trinajstić information content (AvgIpc) is 3.21. The van der Waals surface area contributed by atoms with Gasteiger partial charge >= 0.3 is 0 Å². The Hall–Kier alpha value is -3.05. The summed E-state index contributed by atoms with van der Waals surface area (Å²) in [6.07, 6.45) is 1.01. The summed E-state index contributed by atoms with van der Waals surface area (Å²) >= 11 is 0.956. The first-order valence-electron chi connectivity index (χ1n) is 8.15. The number of carbonyl (C=O) groups is 1. The van der Waals surface area contributed by atoms with Crippen molar-refractivity contribution in [2.45, 2.75) is 18.6 Å². The molecule has 3 aromatic heterocycles. The lowest BCUT2D eigenvalue weighted by Crippen LogP contribution is -2.24. The molecule has 0 spiro atoms. The van der Waals surface area contributed by atoms with E-state index in [1.54, 1.807) is 6.92 Å². The number of hydrogen-bond donors (Lipinski definition) is 1. The minimum Gasteiger partial charge on any atom is -0.365 e. The van der Waals surface area contributed by atoms with Crippen LogP contribution < -0.4 is 11.3 Å². The van der Waals surface area contributed by atoms with Gasteiger partial charge in [0.05, 0.1) is 16.8 Å².